The molecular formula is C14H12N2O5. The zero-order valence-electron chi connectivity index (χ0n) is 10.9. The van der Waals surface area contributed by atoms with Crippen LogP contribution in [0.15, 0.2) is 36.4 Å². The van der Waals surface area contributed by atoms with Crippen LogP contribution >= 0.6 is 0 Å². The van der Waals surface area contributed by atoms with Gasteiger partial charge >= 0.3 is 6.03 Å². The van der Waals surface area contributed by atoms with Crippen LogP contribution in [0.4, 0.5) is 4.79 Å². The zero-order valence-corrected chi connectivity index (χ0v) is 10.9. The molecule has 7 nitrogen and oxygen atoms in total. The van der Waals surface area contributed by atoms with Gasteiger partial charge in [-0.15, -0.1) is 6.58 Å². The summed E-state index contributed by atoms with van der Waals surface area (Å²) >= 11 is 0. The van der Waals surface area contributed by atoms with Crippen LogP contribution in [-0.2, 0) is 9.59 Å². The number of urea groups is 1. The maximum Gasteiger partial charge on any atom is 0.331 e. The molecule has 0 aliphatic carbocycles. The highest BCUT2D eigenvalue weighted by Crippen LogP contribution is 2.26. The highest BCUT2D eigenvalue weighted by atomic mass is 16.3. The van der Waals surface area contributed by atoms with Crippen LogP contribution in [0.5, 0.6) is 11.5 Å². The van der Waals surface area contributed by atoms with Crippen molar-refractivity contribution >= 4 is 23.9 Å². The largest absolute Gasteiger partial charge is 0.504 e. The van der Waals surface area contributed by atoms with Gasteiger partial charge in [-0.2, -0.15) is 0 Å². The molecule has 0 bridgehead atoms. The average Bonchev–Trinajstić information content (AvgIpc) is 2.43. The van der Waals surface area contributed by atoms with Crippen molar-refractivity contribution < 1.29 is 24.6 Å². The fourth-order valence-electron chi connectivity index (χ4n) is 1.79. The van der Waals surface area contributed by atoms with Crippen LogP contribution in [0.2, 0.25) is 0 Å². The quantitative estimate of drug-likeness (QED) is 0.329. The topological polar surface area (TPSA) is 107 Å². The predicted molar refractivity (Wildman–Crippen MR) is 73.2 cm³/mol. The number of phenolic OH excluding ortho intramolecular Hbond substituents is 2. The SMILES string of the molecule is C=CCN1C(=O)NC(=O)/C(=C/c2ccc(O)c(O)c2)C1=O. The van der Waals surface area contributed by atoms with Gasteiger partial charge in [0.25, 0.3) is 11.8 Å². The number of hydrogen-bond donors (Lipinski definition) is 3. The number of aromatic hydroxyl groups is 2. The normalized spacial score (nSPS) is 17.0. The first kappa shape index (κ1) is 14.3. The van der Waals surface area contributed by atoms with Crippen LogP contribution < -0.4 is 5.32 Å². The van der Waals surface area contributed by atoms with Gasteiger partial charge in [0, 0.05) is 6.54 Å². The van der Waals surface area contributed by atoms with Crippen molar-refractivity contribution in [1.29, 1.82) is 0 Å². The summed E-state index contributed by atoms with van der Waals surface area (Å²) in [5, 5.41) is 20.7. The molecule has 0 aromatic heterocycles. The first-order valence-electron chi connectivity index (χ1n) is 5.95. The van der Waals surface area contributed by atoms with Gasteiger partial charge in [-0.05, 0) is 23.8 Å². The Hall–Kier alpha value is -3.09. The van der Waals surface area contributed by atoms with Gasteiger partial charge in [0.15, 0.2) is 11.5 Å². The van der Waals surface area contributed by atoms with Gasteiger partial charge < -0.3 is 10.2 Å². The Kier molecular flexibility index (Phi) is 3.75. The fraction of sp³-hybridized carbons (Fsp3) is 0.0714. The molecule has 108 valence electrons. The molecule has 1 aliphatic rings. The second kappa shape index (κ2) is 5.49. The average molecular weight is 288 g/mol. The first-order valence-corrected chi connectivity index (χ1v) is 5.95. The van der Waals surface area contributed by atoms with E-state index in [2.05, 4.69) is 6.58 Å². The number of benzene rings is 1. The molecule has 3 N–H and O–H groups in total. The molecule has 0 saturated carbocycles. The van der Waals surface area contributed by atoms with Gasteiger partial charge in [-0.25, -0.2) is 4.79 Å². The Morgan fingerprint density at radius 2 is 1.90 bits per heavy atom. The molecule has 0 spiro atoms. The number of barbiturate groups is 1. The number of phenols is 2. The summed E-state index contributed by atoms with van der Waals surface area (Å²) in [4.78, 5) is 36.2. The highest BCUT2D eigenvalue weighted by molar-refractivity contribution is 6.31. The molecule has 1 fully saturated rings. The Labute approximate surface area is 119 Å². The minimum atomic E-state index is -0.821. The molecule has 0 radical (unpaired) electrons. The van der Waals surface area contributed by atoms with E-state index in [1.807, 2.05) is 5.32 Å². The van der Waals surface area contributed by atoms with Crippen molar-refractivity contribution in [3.8, 4) is 11.5 Å². The van der Waals surface area contributed by atoms with Crippen molar-refractivity contribution in [1.82, 2.24) is 10.2 Å². The smallest absolute Gasteiger partial charge is 0.331 e. The first-order chi connectivity index (χ1) is 9.93. The number of imide groups is 2. The third kappa shape index (κ3) is 2.76. The van der Waals surface area contributed by atoms with Crippen molar-refractivity contribution in [2.75, 3.05) is 6.54 Å². The summed E-state index contributed by atoms with van der Waals surface area (Å²) in [5.74, 6) is -2.28. The van der Waals surface area contributed by atoms with E-state index in [9.17, 15) is 24.6 Å². The Balaban J connectivity index is 2.40. The number of nitrogens with zero attached hydrogens (tertiary/aromatic N) is 1. The van der Waals surface area contributed by atoms with E-state index in [0.717, 1.165) is 4.90 Å². The lowest BCUT2D eigenvalue weighted by molar-refractivity contribution is -0.129. The summed E-state index contributed by atoms with van der Waals surface area (Å²) < 4.78 is 0. The van der Waals surface area contributed by atoms with Gasteiger partial charge in [0.1, 0.15) is 5.57 Å². The lowest BCUT2D eigenvalue weighted by Crippen LogP contribution is -2.54. The van der Waals surface area contributed by atoms with E-state index in [1.165, 1.54) is 30.4 Å². The van der Waals surface area contributed by atoms with E-state index >= 15 is 0 Å². The van der Waals surface area contributed by atoms with Gasteiger partial charge in [-0.1, -0.05) is 12.1 Å². The molecule has 4 amide bonds. The van der Waals surface area contributed by atoms with Crippen molar-refractivity contribution in [3.63, 3.8) is 0 Å². The van der Waals surface area contributed by atoms with Gasteiger partial charge in [0.05, 0.1) is 0 Å². The van der Waals surface area contributed by atoms with Gasteiger partial charge in [-0.3, -0.25) is 19.8 Å². The lowest BCUT2D eigenvalue weighted by Gasteiger charge is -2.25. The molecule has 1 aromatic rings. The Morgan fingerprint density at radius 1 is 1.19 bits per heavy atom. The van der Waals surface area contributed by atoms with Crippen molar-refractivity contribution in [2.24, 2.45) is 0 Å². The summed E-state index contributed by atoms with van der Waals surface area (Å²) in [6.45, 7) is 3.40. The van der Waals surface area contributed by atoms with E-state index in [-0.39, 0.29) is 23.6 Å². The number of carbonyl (C=O) groups excluding carboxylic acids is 3. The molecular weight excluding hydrogens is 276 g/mol. The molecule has 0 atom stereocenters. The van der Waals surface area contributed by atoms with Crippen molar-refractivity contribution in [2.45, 2.75) is 0 Å². The van der Waals surface area contributed by atoms with Crippen LogP contribution in [0, 0.1) is 0 Å². The molecule has 1 aromatic carbocycles. The highest BCUT2D eigenvalue weighted by Gasteiger charge is 2.34. The maximum absolute atomic E-state index is 12.1. The molecule has 1 heterocycles. The molecule has 21 heavy (non-hydrogen) atoms. The third-order valence-corrected chi connectivity index (χ3v) is 2.81. The van der Waals surface area contributed by atoms with Gasteiger partial charge in [0.2, 0.25) is 0 Å². The van der Waals surface area contributed by atoms with Crippen LogP contribution in [0.25, 0.3) is 6.08 Å². The van der Waals surface area contributed by atoms with E-state index in [0.29, 0.717) is 5.56 Å². The summed E-state index contributed by atoms with van der Waals surface area (Å²) in [7, 11) is 0. The van der Waals surface area contributed by atoms with E-state index in [1.54, 1.807) is 0 Å². The predicted octanol–water partition coefficient (Wildman–Crippen LogP) is 0.746. The molecule has 0 unspecified atom stereocenters. The minimum Gasteiger partial charge on any atom is -0.504 e. The summed E-state index contributed by atoms with van der Waals surface area (Å²) in [5.41, 5.74) is 0.0817. The number of rotatable bonds is 3. The maximum atomic E-state index is 12.1. The fourth-order valence-corrected chi connectivity index (χ4v) is 1.79. The summed E-state index contributed by atoms with van der Waals surface area (Å²) in [6.07, 6.45) is 2.58. The number of nitrogens with one attached hydrogen (secondary N) is 1. The van der Waals surface area contributed by atoms with Crippen LogP contribution in [0.3, 0.4) is 0 Å². The second-order valence-corrected chi connectivity index (χ2v) is 4.27. The molecule has 2 rings (SSSR count). The summed E-state index contributed by atoms with van der Waals surface area (Å²) in [6, 6.07) is 3.02. The second-order valence-electron chi connectivity index (χ2n) is 4.27. The number of amides is 4. The number of hydrogen-bond acceptors (Lipinski definition) is 5. The van der Waals surface area contributed by atoms with Crippen LogP contribution in [0.1, 0.15) is 5.56 Å². The Bertz CT molecular complexity index is 678. The van der Waals surface area contributed by atoms with E-state index < -0.39 is 17.8 Å². The third-order valence-electron chi connectivity index (χ3n) is 2.81. The lowest BCUT2D eigenvalue weighted by atomic mass is 10.1. The molecule has 1 saturated heterocycles. The Morgan fingerprint density at radius 3 is 2.52 bits per heavy atom. The molecule has 1 aliphatic heterocycles. The standard InChI is InChI=1S/C14H12N2O5/c1-2-5-16-13(20)9(12(19)15-14(16)21)6-8-3-4-10(17)11(18)7-8/h2-4,6-7,17-18H,1,5H2,(H,15,19,21)/b9-6-. The monoisotopic (exact) mass is 288 g/mol. The minimum absolute atomic E-state index is 0.0316. The van der Waals surface area contributed by atoms with Crippen molar-refractivity contribution in [3.05, 3.63) is 42.0 Å². The molecule has 7 heteroatoms. The van der Waals surface area contributed by atoms with E-state index in [4.69, 9.17) is 0 Å². The van der Waals surface area contributed by atoms with Crippen LogP contribution in [-0.4, -0.2) is 39.5 Å². The number of carbonyl (C=O) groups is 3. The zero-order chi connectivity index (χ0) is 15.6.